The van der Waals surface area contributed by atoms with Crippen LogP contribution in [0, 0.1) is 5.82 Å². The molecule has 0 aliphatic carbocycles. The predicted octanol–water partition coefficient (Wildman–Crippen LogP) is 4.89. The van der Waals surface area contributed by atoms with Crippen molar-refractivity contribution in [3.05, 3.63) is 88.4 Å². The molecule has 0 radical (unpaired) electrons. The predicted molar refractivity (Wildman–Crippen MR) is 154 cm³/mol. The van der Waals surface area contributed by atoms with Gasteiger partial charge in [0.2, 0.25) is 0 Å². The van der Waals surface area contributed by atoms with E-state index < -0.39 is 0 Å². The fourth-order valence-corrected chi connectivity index (χ4v) is 4.75. The molecule has 194 valence electrons. The van der Waals surface area contributed by atoms with Crippen LogP contribution in [0.15, 0.2) is 60.9 Å². The van der Waals surface area contributed by atoms with E-state index in [1.54, 1.807) is 16.8 Å². The lowest BCUT2D eigenvalue weighted by Gasteiger charge is -2.11. The maximum absolute atomic E-state index is 14.6. The third-order valence-electron chi connectivity index (χ3n) is 6.82. The largest absolute Gasteiger partial charge is 0.353 e. The first-order valence-corrected chi connectivity index (χ1v) is 12.8. The van der Waals surface area contributed by atoms with Crippen molar-refractivity contribution < 1.29 is 4.39 Å². The lowest BCUT2D eigenvalue weighted by Crippen LogP contribution is -2.21. The van der Waals surface area contributed by atoms with Crippen molar-refractivity contribution in [3.8, 4) is 22.5 Å². The van der Waals surface area contributed by atoms with Crippen molar-refractivity contribution in [2.75, 3.05) is 20.6 Å². The van der Waals surface area contributed by atoms with Gasteiger partial charge in [-0.2, -0.15) is 10.2 Å². The molecule has 38 heavy (non-hydrogen) atoms. The summed E-state index contributed by atoms with van der Waals surface area (Å²) in [6, 6.07) is 13.5. The average molecular weight is 509 g/mol. The van der Waals surface area contributed by atoms with E-state index in [4.69, 9.17) is 0 Å². The van der Waals surface area contributed by atoms with Gasteiger partial charge in [0.15, 0.2) is 0 Å². The molecule has 0 saturated heterocycles. The Morgan fingerprint density at radius 3 is 2.79 bits per heavy atom. The molecule has 0 saturated carbocycles. The zero-order chi connectivity index (χ0) is 26.8. The molecule has 6 nitrogen and oxygen atoms in total. The zero-order valence-corrected chi connectivity index (χ0v) is 22.3. The number of rotatable bonds is 8. The molecular weight excluding hydrogens is 475 g/mol. The van der Waals surface area contributed by atoms with Crippen molar-refractivity contribution in [1.29, 1.82) is 0 Å². The van der Waals surface area contributed by atoms with Gasteiger partial charge >= 0.3 is 0 Å². The lowest BCUT2D eigenvalue weighted by molar-refractivity contribution is 0.400. The molecule has 5 aromatic rings. The van der Waals surface area contributed by atoms with Crippen molar-refractivity contribution >= 4 is 29.1 Å². The number of fused-ring (bicyclic) bond motifs is 1. The van der Waals surface area contributed by atoms with Crippen molar-refractivity contribution in [3.63, 3.8) is 0 Å². The standard InChI is InChI=1S/C31H33FN6/c1-20(24-18-33-38(5)19-24)11-12-28-21(2)31(36-35-28)30-17-27-26(9-6-10-29(27)34-30)23-14-22(15-25(32)16-23)8-7-13-37(3)4/h6,9-12,14-19,34-35H,2,7-8,13H2,1,3-5H3/b20-11+,28-12+. The molecule has 5 rings (SSSR count). The number of hydrogen-bond acceptors (Lipinski definition) is 3. The van der Waals surface area contributed by atoms with Gasteiger partial charge in [-0.05, 0) is 93.0 Å². The van der Waals surface area contributed by atoms with E-state index in [1.807, 2.05) is 56.7 Å². The van der Waals surface area contributed by atoms with Gasteiger partial charge in [0.05, 0.1) is 17.2 Å². The molecule has 0 atom stereocenters. The summed E-state index contributed by atoms with van der Waals surface area (Å²) in [5.74, 6) is -0.211. The van der Waals surface area contributed by atoms with E-state index in [9.17, 15) is 4.39 Å². The molecule has 2 aromatic carbocycles. The van der Waals surface area contributed by atoms with Crippen molar-refractivity contribution in [2.24, 2.45) is 7.05 Å². The second-order valence-corrected chi connectivity index (χ2v) is 10.1. The molecule has 3 aromatic heterocycles. The third-order valence-corrected chi connectivity index (χ3v) is 6.82. The minimum atomic E-state index is -0.211. The highest BCUT2D eigenvalue weighted by atomic mass is 19.1. The van der Waals surface area contributed by atoms with E-state index in [0.29, 0.717) is 0 Å². The van der Waals surface area contributed by atoms with Crippen molar-refractivity contribution in [2.45, 2.75) is 19.8 Å². The summed E-state index contributed by atoms with van der Waals surface area (Å²) in [5.41, 5.74) is 7.63. The van der Waals surface area contributed by atoms with E-state index in [0.717, 1.165) is 80.1 Å². The molecule has 0 aliphatic heterocycles. The van der Waals surface area contributed by atoms with Gasteiger partial charge < -0.3 is 9.88 Å². The molecule has 0 amide bonds. The van der Waals surface area contributed by atoms with Crippen LogP contribution in [0.25, 0.3) is 51.6 Å². The SMILES string of the molecule is C=c1c(-c2cc3c(-c4cc(F)cc(CCCN(C)C)c4)cccc3[nH]2)n[nH]/c1=C/C=C(\C)c1cnn(C)c1. The Hall–Kier alpha value is -4.23. The summed E-state index contributed by atoms with van der Waals surface area (Å²) >= 11 is 0. The van der Waals surface area contributed by atoms with E-state index in [1.165, 1.54) is 0 Å². The number of hydrogen-bond donors (Lipinski definition) is 2. The highest BCUT2D eigenvalue weighted by Crippen LogP contribution is 2.32. The van der Waals surface area contributed by atoms with Gasteiger partial charge in [-0.1, -0.05) is 30.9 Å². The Labute approximate surface area is 221 Å². The minimum Gasteiger partial charge on any atom is -0.353 e. The normalized spacial score (nSPS) is 12.8. The van der Waals surface area contributed by atoms with E-state index >= 15 is 0 Å². The van der Waals surface area contributed by atoms with Crippen LogP contribution in [0.2, 0.25) is 0 Å². The Balaban J connectivity index is 1.48. The van der Waals surface area contributed by atoms with Gasteiger partial charge in [-0.15, -0.1) is 0 Å². The van der Waals surface area contributed by atoms with Crippen LogP contribution < -0.4 is 10.6 Å². The second kappa shape index (κ2) is 10.6. The first kappa shape index (κ1) is 25.4. The smallest absolute Gasteiger partial charge is 0.124 e. The van der Waals surface area contributed by atoms with Crippen LogP contribution in [0.4, 0.5) is 4.39 Å². The quantitative estimate of drug-likeness (QED) is 0.314. The first-order valence-electron chi connectivity index (χ1n) is 12.8. The van der Waals surface area contributed by atoms with Crippen LogP contribution in [0.3, 0.4) is 0 Å². The Morgan fingerprint density at radius 2 is 2.03 bits per heavy atom. The number of benzene rings is 2. The number of aromatic nitrogens is 5. The average Bonchev–Trinajstić information content (AvgIpc) is 3.59. The van der Waals surface area contributed by atoms with Gasteiger partial charge in [-0.3, -0.25) is 9.78 Å². The lowest BCUT2D eigenvalue weighted by atomic mass is 9.98. The Kier molecular flexibility index (Phi) is 7.11. The molecular formula is C31H33FN6. The summed E-state index contributed by atoms with van der Waals surface area (Å²) in [7, 11) is 6.01. The zero-order valence-electron chi connectivity index (χ0n) is 22.3. The number of halogens is 1. The van der Waals surface area contributed by atoms with Crippen LogP contribution in [0.5, 0.6) is 0 Å². The maximum Gasteiger partial charge on any atom is 0.124 e. The summed E-state index contributed by atoms with van der Waals surface area (Å²) in [5, 5.41) is 14.6. The summed E-state index contributed by atoms with van der Waals surface area (Å²) in [6.07, 6.45) is 9.67. The molecule has 0 bridgehead atoms. The second-order valence-electron chi connectivity index (χ2n) is 10.1. The topological polar surface area (TPSA) is 65.5 Å². The van der Waals surface area contributed by atoms with Crippen molar-refractivity contribution in [1.82, 2.24) is 29.9 Å². The molecule has 0 spiro atoms. The molecule has 0 aliphatic rings. The fourth-order valence-electron chi connectivity index (χ4n) is 4.75. The monoisotopic (exact) mass is 508 g/mol. The summed E-state index contributed by atoms with van der Waals surface area (Å²) in [6.45, 7) is 7.30. The number of nitrogens with one attached hydrogen (secondary N) is 2. The molecule has 7 heteroatoms. The molecule has 0 fully saturated rings. The van der Waals surface area contributed by atoms with Crippen LogP contribution in [0.1, 0.15) is 24.5 Å². The van der Waals surface area contributed by atoms with Gasteiger partial charge in [0, 0.05) is 34.9 Å². The van der Waals surface area contributed by atoms with Gasteiger partial charge in [0.25, 0.3) is 0 Å². The third kappa shape index (κ3) is 5.38. The van der Waals surface area contributed by atoms with Crippen LogP contribution in [-0.4, -0.2) is 50.5 Å². The Bertz CT molecular complexity index is 1730. The molecule has 0 unspecified atom stereocenters. The fraction of sp³-hybridized carbons (Fsp3) is 0.226. The number of H-pyrrole nitrogens is 2. The van der Waals surface area contributed by atoms with Gasteiger partial charge in [0.1, 0.15) is 11.5 Å². The number of allylic oxidation sites excluding steroid dienone is 2. The van der Waals surface area contributed by atoms with Crippen LogP contribution >= 0.6 is 0 Å². The number of nitrogens with zero attached hydrogens (tertiary/aromatic N) is 4. The molecule has 2 N–H and O–H groups in total. The van der Waals surface area contributed by atoms with E-state index in [2.05, 4.69) is 58.0 Å². The minimum absolute atomic E-state index is 0.211. The Morgan fingerprint density at radius 1 is 1.18 bits per heavy atom. The summed E-state index contributed by atoms with van der Waals surface area (Å²) in [4.78, 5) is 5.63. The van der Waals surface area contributed by atoms with Crippen LogP contribution in [-0.2, 0) is 13.5 Å². The maximum atomic E-state index is 14.6. The van der Waals surface area contributed by atoms with E-state index in [-0.39, 0.29) is 5.82 Å². The van der Waals surface area contributed by atoms with Gasteiger partial charge in [-0.25, -0.2) is 4.39 Å². The summed E-state index contributed by atoms with van der Waals surface area (Å²) < 4.78 is 16.4. The highest BCUT2D eigenvalue weighted by Gasteiger charge is 2.13. The highest BCUT2D eigenvalue weighted by molar-refractivity contribution is 5.98. The first-order chi connectivity index (χ1) is 18.3. The molecule has 3 heterocycles. The number of aromatic amines is 2. The number of aryl methyl sites for hydroxylation is 2.